The lowest BCUT2D eigenvalue weighted by molar-refractivity contribution is -0.131. The molecule has 0 aliphatic heterocycles. The summed E-state index contributed by atoms with van der Waals surface area (Å²) in [5.41, 5.74) is 3.86. The molecule has 0 atom stereocenters. The largest absolute Gasteiger partial charge is 0.478 e. The zero-order valence-corrected chi connectivity index (χ0v) is 12.1. The highest BCUT2D eigenvalue weighted by molar-refractivity contribution is 7.10. The third-order valence-corrected chi connectivity index (χ3v) is 4.07. The molecule has 0 bridgehead atoms. The smallest absolute Gasteiger partial charge is 0.328 e. The van der Waals surface area contributed by atoms with E-state index in [2.05, 4.69) is 9.88 Å². The molecule has 2 rings (SSSR count). The van der Waals surface area contributed by atoms with Crippen LogP contribution >= 0.6 is 22.7 Å². The Kier molecular flexibility index (Phi) is 4.84. The quantitative estimate of drug-likeness (QED) is 0.832. The number of rotatable bonds is 6. The molecule has 0 aromatic carbocycles. The summed E-state index contributed by atoms with van der Waals surface area (Å²) in [7, 11) is 2.03. The van der Waals surface area contributed by atoms with Gasteiger partial charge in [-0.2, -0.15) is 0 Å². The van der Waals surface area contributed by atoms with E-state index in [0.29, 0.717) is 0 Å². The molecule has 1 N–H and O–H groups in total. The highest BCUT2D eigenvalue weighted by Gasteiger charge is 2.07. The fourth-order valence-electron chi connectivity index (χ4n) is 1.68. The highest BCUT2D eigenvalue weighted by Crippen LogP contribution is 2.20. The number of nitrogens with zero attached hydrogens (tertiary/aromatic N) is 2. The predicted molar refractivity (Wildman–Crippen MR) is 78.3 cm³/mol. The SMILES string of the molecule is CN(Cc1cscn1)Cc1sccc1C=CC(=O)O. The van der Waals surface area contributed by atoms with E-state index in [9.17, 15) is 4.79 Å². The van der Waals surface area contributed by atoms with Gasteiger partial charge in [0, 0.05) is 29.4 Å². The molecule has 19 heavy (non-hydrogen) atoms. The summed E-state index contributed by atoms with van der Waals surface area (Å²) in [5.74, 6) is -0.923. The Bertz CT molecular complexity index is 561. The normalized spacial score (nSPS) is 11.5. The molecule has 100 valence electrons. The lowest BCUT2D eigenvalue weighted by Crippen LogP contribution is -2.17. The summed E-state index contributed by atoms with van der Waals surface area (Å²) in [6, 6.07) is 1.94. The Balaban J connectivity index is 1.99. The number of carboxylic acids is 1. The van der Waals surface area contributed by atoms with Crippen LogP contribution in [-0.4, -0.2) is 28.0 Å². The van der Waals surface area contributed by atoms with Crippen LogP contribution in [0.4, 0.5) is 0 Å². The van der Waals surface area contributed by atoms with Gasteiger partial charge in [-0.1, -0.05) is 0 Å². The van der Waals surface area contributed by atoms with Gasteiger partial charge >= 0.3 is 5.97 Å². The first-order valence-electron chi connectivity index (χ1n) is 5.68. The van der Waals surface area contributed by atoms with Crippen molar-refractivity contribution < 1.29 is 9.90 Å². The molecule has 2 aromatic rings. The van der Waals surface area contributed by atoms with Crippen LogP contribution in [0.1, 0.15) is 16.1 Å². The molecular formula is C13H14N2O2S2. The minimum atomic E-state index is -0.923. The van der Waals surface area contributed by atoms with E-state index >= 15 is 0 Å². The fourth-order valence-corrected chi connectivity index (χ4v) is 3.18. The van der Waals surface area contributed by atoms with Crippen LogP contribution in [-0.2, 0) is 17.9 Å². The van der Waals surface area contributed by atoms with Crippen LogP contribution in [0.15, 0.2) is 28.4 Å². The lowest BCUT2D eigenvalue weighted by atomic mass is 10.2. The molecule has 0 spiro atoms. The van der Waals surface area contributed by atoms with Crippen molar-refractivity contribution in [2.75, 3.05) is 7.05 Å². The Morgan fingerprint density at radius 3 is 3.05 bits per heavy atom. The van der Waals surface area contributed by atoms with Crippen LogP contribution in [0.2, 0.25) is 0 Å². The van der Waals surface area contributed by atoms with E-state index in [1.165, 1.54) is 6.08 Å². The highest BCUT2D eigenvalue weighted by atomic mass is 32.1. The molecule has 6 heteroatoms. The van der Waals surface area contributed by atoms with Crippen LogP contribution in [0, 0.1) is 0 Å². The average Bonchev–Trinajstić information content (AvgIpc) is 2.98. The minimum absolute atomic E-state index is 0.786. The zero-order chi connectivity index (χ0) is 13.7. The number of aliphatic carboxylic acids is 1. The van der Waals surface area contributed by atoms with Crippen molar-refractivity contribution in [3.8, 4) is 0 Å². The van der Waals surface area contributed by atoms with Gasteiger partial charge in [0.15, 0.2) is 0 Å². The zero-order valence-electron chi connectivity index (χ0n) is 10.4. The summed E-state index contributed by atoms with van der Waals surface area (Å²) in [6.07, 6.45) is 2.82. The predicted octanol–water partition coefficient (Wildman–Crippen LogP) is 2.93. The summed E-state index contributed by atoms with van der Waals surface area (Å²) >= 11 is 3.23. The Labute approximate surface area is 119 Å². The number of hydrogen-bond acceptors (Lipinski definition) is 5. The van der Waals surface area contributed by atoms with Gasteiger partial charge in [0.25, 0.3) is 0 Å². The minimum Gasteiger partial charge on any atom is -0.478 e. The number of thiazole rings is 1. The van der Waals surface area contributed by atoms with E-state index in [1.54, 1.807) is 28.7 Å². The van der Waals surface area contributed by atoms with E-state index in [1.807, 2.05) is 29.4 Å². The third-order valence-electron chi connectivity index (χ3n) is 2.51. The van der Waals surface area contributed by atoms with Crippen molar-refractivity contribution in [2.24, 2.45) is 0 Å². The summed E-state index contributed by atoms with van der Waals surface area (Å²) in [4.78, 5) is 18.1. The maximum atomic E-state index is 10.5. The van der Waals surface area contributed by atoms with E-state index in [-0.39, 0.29) is 0 Å². The lowest BCUT2D eigenvalue weighted by Gasteiger charge is -2.14. The van der Waals surface area contributed by atoms with Crippen molar-refractivity contribution in [1.82, 2.24) is 9.88 Å². The van der Waals surface area contributed by atoms with Gasteiger partial charge in [0.2, 0.25) is 0 Å². The van der Waals surface area contributed by atoms with Crippen LogP contribution < -0.4 is 0 Å². The Hall–Kier alpha value is -1.50. The molecule has 0 aliphatic rings. The first kappa shape index (κ1) is 13.9. The van der Waals surface area contributed by atoms with Crippen molar-refractivity contribution in [1.29, 1.82) is 0 Å². The number of carboxylic acid groups (broad SMARTS) is 1. The maximum absolute atomic E-state index is 10.5. The summed E-state index contributed by atoms with van der Waals surface area (Å²) in [6.45, 7) is 1.58. The van der Waals surface area contributed by atoms with Gasteiger partial charge in [0.05, 0.1) is 11.2 Å². The molecule has 2 aromatic heterocycles. The summed E-state index contributed by atoms with van der Waals surface area (Å²) < 4.78 is 0. The Morgan fingerprint density at radius 2 is 2.37 bits per heavy atom. The number of aromatic nitrogens is 1. The van der Waals surface area contributed by atoms with Gasteiger partial charge in [-0.15, -0.1) is 22.7 Å². The van der Waals surface area contributed by atoms with E-state index in [4.69, 9.17) is 5.11 Å². The number of hydrogen-bond donors (Lipinski definition) is 1. The molecular weight excluding hydrogens is 280 g/mol. The number of carbonyl (C=O) groups is 1. The fraction of sp³-hybridized carbons (Fsp3) is 0.231. The van der Waals surface area contributed by atoms with Crippen molar-refractivity contribution in [3.63, 3.8) is 0 Å². The van der Waals surface area contributed by atoms with Crippen molar-refractivity contribution >= 4 is 34.7 Å². The first-order valence-corrected chi connectivity index (χ1v) is 7.50. The molecule has 0 saturated heterocycles. The summed E-state index contributed by atoms with van der Waals surface area (Å²) in [5, 5.41) is 12.7. The molecule has 4 nitrogen and oxygen atoms in total. The van der Waals surface area contributed by atoms with Crippen LogP contribution in [0.3, 0.4) is 0 Å². The third kappa shape index (κ3) is 4.27. The van der Waals surface area contributed by atoms with Gasteiger partial charge < -0.3 is 5.11 Å². The molecule has 0 unspecified atom stereocenters. The monoisotopic (exact) mass is 294 g/mol. The number of thiophene rings is 1. The van der Waals surface area contributed by atoms with Crippen molar-refractivity contribution in [3.05, 3.63) is 44.5 Å². The molecule has 0 saturated carbocycles. The van der Waals surface area contributed by atoms with Gasteiger partial charge in [-0.05, 0) is 30.1 Å². The topological polar surface area (TPSA) is 53.4 Å². The standard InChI is InChI=1S/C13H14N2O2S2/c1-15(6-11-8-18-9-14-11)7-12-10(4-5-19-12)2-3-13(16)17/h2-5,8-9H,6-7H2,1H3,(H,16,17). The van der Waals surface area contributed by atoms with E-state index < -0.39 is 5.97 Å². The molecule has 2 heterocycles. The molecule has 0 aliphatic carbocycles. The molecule has 0 amide bonds. The Morgan fingerprint density at radius 1 is 1.53 bits per heavy atom. The van der Waals surface area contributed by atoms with Gasteiger partial charge in [-0.25, -0.2) is 9.78 Å². The second kappa shape index (κ2) is 6.60. The molecule has 0 radical (unpaired) electrons. The van der Waals surface area contributed by atoms with Gasteiger partial charge in [-0.3, -0.25) is 4.90 Å². The second-order valence-electron chi connectivity index (χ2n) is 4.12. The van der Waals surface area contributed by atoms with Gasteiger partial charge in [0.1, 0.15) is 0 Å². The maximum Gasteiger partial charge on any atom is 0.328 e. The van der Waals surface area contributed by atoms with Crippen molar-refractivity contribution in [2.45, 2.75) is 13.1 Å². The van der Waals surface area contributed by atoms with Crippen LogP contribution in [0.25, 0.3) is 6.08 Å². The second-order valence-corrected chi connectivity index (χ2v) is 5.84. The van der Waals surface area contributed by atoms with Crippen LogP contribution in [0.5, 0.6) is 0 Å². The average molecular weight is 294 g/mol. The first-order chi connectivity index (χ1) is 9.15. The van der Waals surface area contributed by atoms with E-state index in [0.717, 1.165) is 29.2 Å². The molecule has 0 fully saturated rings.